The van der Waals surface area contributed by atoms with Crippen LogP contribution >= 0.6 is 0 Å². The largest absolute Gasteiger partial charge is 0.328 e. The highest BCUT2D eigenvalue weighted by molar-refractivity contribution is 5.91. The zero-order valence-corrected chi connectivity index (χ0v) is 13.8. The molecular formula is C18H26N4O. The van der Waals surface area contributed by atoms with Gasteiger partial charge in [-0.15, -0.1) is 0 Å². The molecule has 2 aromatic rings. The van der Waals surface area contributed by atoms with Gasteiger partial charge in [-0.2, -0.15) is 0 Å². The summed E-state index contributed by atoms with van der Waals surface area (Å²) in [6.45, 7) is 1.92. The Morgan fingerprint density at radius 2 is 2.09 bits per heavy atom. The lowest BCUT2D eigenvalue weighted by Gasteiger charge is -2.25. The van der Waals surface area contributed by atoms with Gasteiger partial charge in [0.15, 0.2) is 0 Å². The molecule has 5 heteroatoms. The molecule has 1 saturated carbocycles. The maximum atomic E-state index is 12.2. The fourth-order valence-corrected chi connectivity index (χ4v) is 3.39. The van der Waals surface area contributed by atoms with Gasteiger partial charge in [-0.25, -0.2) is 4.98 Å². The van der Waals surface area contributed by atoms with Gasteiger partial charge in [0.25, 0.3) is 0 Å². The first-order chi connectivity index (χ1) is 11.1. The highest BCUT2D eigenvalue weighted by Gasteiger charge is 2.22. The first-order valence-electron chi connectivity index (χ1n) is 8.67. The number of fused-ring (bicyclic) bond motifs is 1. The lowest BCUT2D eigenvalue weighted by Crippen LogP contribution is -2.22. The van der Waals surface area contributed by atoms with Gasteiger partial charge in [0.2, 0.25) is 11.9 Å². The van der Waals surface area contributed by atoms with Crippen molar-refractivity contribution in [3.63, 3.8) is 0 Å². The Morgan fingerprint density at radius 3 is 2.83 bits per heavy atom. The quantitative estimate of drug-likeness (QED) is 0.885. The fraction of sp³-hybridized carbons (Fsp3) is 0.556. The van der Waals surface area contributed by atoms with Gasteiger partial charge in [-0.3, -0.25) is 10.1 Å². The van der Waals surface area contributed by atoms with Crippen molar-refractivity contribution in [3.05, 3.63) is 24.3 Å². The number of carbonyl (C=O) groups excluding carboxylic acids is 1. The van der Waals surface area contributed by atoms with E-state index in [9.17, 15) is 4.79 Å². The van der Waals surface area contributed by atoms with E-state index >= 15 is 0 Å². The number of nitrogens with two attached hydrogens (primary N) is 1. The van der Waals surface area contributed by atoms with E-state index in [-0.39, 0.29) is 11.9 Å². The van der Waals surface area contributed by atoms with Gasteiger partial charge in [0.05, 0.1) is 11.0 Å². The first kappa shape index (κ1) is 16.0. The van der Waals surface area contributed by atoms with Gasteiger partial charge in [-0.05, 0) is 38.3 Å². The Hall–Kier alpha value is -1.88. The summed E-state index contributed by atoms with van der Waals surface area (Å²) in [7, 11) is 0. The molecule has 1 aliphatic carbocycles. The zero-order valence-electron chi connectivity index (χ0n) is 13.8. The van der Waals surface area contributed by atoms with E-state index in [4.69, 9.17) is 5.73 Å². The van der Waals surface area contributed by atoms with Crippen molar-refractivity contribution in [3.8, 4) is 0 Å². The molecule has 1 aromatic heterocycles. The minimum Gasteiger partial charge on any atom is -0.328 e. The van der Waals surface area contributed by atoms with Crippen LogP contribution in [0.3, 0.4) is 0 Å². The molecule has 3 rings (SSSR count). The molecule has 0 saturated heterocycles. The van der Waals surface area contributed by atoms with Gasteiger partial charge in [0.1, 0.15) is 0 Å². The minimum atomic E-state index is -0.00494. The highest BCUT2D eigenvalue weighted by atomic mass is 16.1. The molecule has 0 spiro atoms. The molecule has 1 heterocycles. The zero-order chi connectivity index (χ0) is 16.2. The SMILES string of the molecule is CC(N)CCC(=O)Nc1nc2ccccc2n1C1CCCCC1. The molecule has 23 heavy (non-hydrogen) atoms. The molecule has 1 atom stereocenters. The standard InChI is InChI=1S/C18H26N4O/c1-13(19)11-12-17(23)21-18-20-15-9-5-6-10-16(15)22(18)14-7-3-2-4-8-14/h5-6,9-10,13-14H,2-4,7-8,11-12,19H2,1H3,(H,20,21,23). The average molecular weight is 314 g/mol. The topological polar surface area (TPSA) is 72.9 Å². The average Bonchev–Trinajstić information content (AvgIpc) is 2.91. The van der Waals surface area contributed by atoms with Crippen LogP contribution in [0, 0.1) is 0 Å². The minimum absolute atomic E-state index is 0.00494. The smallest absolute Gasteiger partial charge is 0.226 e. The summed E-state index contributed by atoms with van der Waals surface area (Å²) in [4.78, 5) is 16.9. The number of rotatable bonds is 5. The molecule has 124 valence electrons. The third kappa shape index (κ3) is 3.72. The summed E-state index contributed by atoms with van der Waals surface area (Å²) >= 11 is 0. The van der Waals surface area contributed by atoms with Crippen LogP contribution in [0.5, 0.6) is 0 Å². The number of nitrogens with zero attached hydrogens (tertiary/aromatic N) is 2. The Morgan fingerprint density at radius 1 is 1.35 bits per heavy atom. The number of anilines is 1. The van der Waals surface area contributed by atoms with E-state index in [1.54, 1.807) is 0 Å². The Labute approximate surface area is 137 Å². The monoisotopic (exact) mass is 314 g/mol. The molecule has 0 aliphatic heterocycles. The summed E-state index contributed by atoms with van der Waals surface area (Å²) in [5.41, 5.74) is 7.80. The number of benzene rings is 1. The van der Waals surface area contributed by atoms with Crippen LogP contribution in [-0.4, -0.2) is 21.5 Å². The second-order valence-corrected chi connectivity index (χ2v) is 6.65. The van der Waals surface area contributed by atoms with Crippen molar-refractivity contribution in [2.24, 2.45) is 5.73 Å². The molecule has 0 bridgehead atoms. The molecule has 5 nitrogen and oxygen atoms in total. The summed E-state index contributed by atoms with van der Waals surface area (Å²) in [6.07, 6.45) is 7.23. The van der Waals surface area contributed by atoms with Crippen molar-refractivity contribution in [2.75, 3.05) is 5.32 Å². The van der Waals surface area contributed by atoms with Crippen LogP contribution in [0.15, 0.2) is 24.3 Å². The number of imidazole rings is 1. The van der Waals surface area contributed by atoms with E-state index in [1.807, 2.05) is 25.1 Å². The molecular weight excluding hydrogens is 288 g/mol. The number of carbonyl (C=O) groups is 1. The van der Waals surface area contributed by atoms with Crippen LogP contribution in [0.25, 0.3) is 11.0 Å². The van der Waals surface area contributed by atoms with Crippen molar-refractivity contribution in [1.82, 2.24) is 9.55 Å². The number of para-hydroxylation sites is 2. The van der Waals surface area contributed by atoms with Crippen LogP contribution in [0.1, 0.15) is 57.9 Å². The predicted molar refractivity (Wildman–Crippen MR) is 93.4 cm³/mol. The van der Waals surface area contributed by atoms with Gasteiger partial charge in [0, 0.05) is 18.5 Å². The Balaban J connectivity index is 1.87. The number of amides is 1. The first-order valence-corrected chi connectivity index (χ1v) is 8.67. The number of nitrogens with one attached hydrogen (secondary N) is 1. The number of hydrogen-bond acceptors (Lipinski definition) is 3. The highest BCUT2D eigenvalue weighted by Crippen LogP contribution is 2.34. The Kier molecular flexibility index (Phi) is 4.96. The summed E-state index contributed by atoms with van der Waals surface area (Å²) in [5.74, 6) is 0.683. The lowest BCUT2D eigenvalue weighted by atomic mass is 9.95. The summed E-state index contributed by atoms with van der Waals surface area (Å²) in [6, 6.07) is 8.59. The normalized spacial score (nSPS) is 17.3. The Bertz CT molecular complexity index is 671. The third-order valence-electron chi connectivity index (χ3n) is 4.61. The van der Waals surface area contributed by atoms with E-state index in [1.165, 1.54) is 19.3 Å². The second kappa shape index (κ2) is 7.13. The van der Waals surface area contributed by atoms with E-state index in [0.717, 1.165) is 23.9 Å². The fourth-order valence-electron chi connectivity index (χ4n) is 3.39. The number of aromatic nitrogens is 2. The molecule has 1 amide bonds. The lowest BCUT2D eigenvalue weighted by molar-refractivity contribution is -0.116. The molecule has 1 unspecified atom stereocenters. The summed E-state index contributed by atoms with van der Waals surface area (Å²) in [5, 5.41) is 3.01. The molecule has 0 radical (unpaired) electrons. The van der Waals surface area contributed by atoms with Crippen LogP contribution in [0.4, 0.5) is 5.95 Å². The second-order valence-electron chi connectivity index (χ2n) is 6.65. The predicted octanol–water partition coefficient (Wildman–Crippen LogP) is 3.61. The van der Waals surface area contributed by atoms with Gasteiger partial charge in [-0.1, -0.05) is 31.4 Å². The van der Waals surface area contributed by atoms with Crippen LogP contribution < -0.4 is 11.1 Å². The molecule has 1 aromatic carbocycles. The molecule has 3 N–H and O–H groups in total. The summed E-state index contributed by atoms with van der Waals surface area (Å²) < 4.78 is 2.23. The van der Waals surface area contributed by atoms with Crippen molar-refractivity contribution in [2.45, 2.75) is 64.0 Å². The van der Waals surface area contributed by atoms with Crippen LogP contribution in [0.2, 0.25) is 0 Å². The third-order valence-corrected chi connectivity index (χ3v) is 4.61. The van der Waals surface area contributed by atoms with Crippen molar-refractivity contribution < 1.29 is 4.79 Å². The van der Waals surface area contributed by atoms with Gasteiger partial charge >= 0.3 is 0 Å². The molecule has 1 fully saturated rings. The van der Waals surface area contributed by atoms with Crippen molar-refractivity contribution >= 4 is 22.9 Å². The van der Waals surface area contributed by atoms with Gasteiger partial charge < -0.3 is 10.3 Å². The maximum absolute atomic E-state index is 12.2. The maximum Gasteiger partial charge on any atom is 0.226 e. The van der Waals surface area contributed by atoms with E-state index < -0.39 is 0 Å². The van der Waals surface area contributed by atoms with E-state index in [2.05, 4.69) is 20.9 Å². The number of hydrogen-bond donors (Lipinski definition) is 2. The van der Waals surface area contributed by atoms with Crippen LogP contribution in [-0.2, 0) is 4.79 Å². The van der Waals surface area contributed by atoms with E-state index in [0.29, 0.717) is 24.8 Å². The molecule has 1 aliphatic rings. The van der Waals surface area contributed by atoms with Crippen molar-refractivity contribution in [1.29, 1.82) is 0 Å².